The smallest absolute Gasteiger partial charge is 0.154 e. The molecular formula is C12H22N2Si. The monoisotopic (exact) mass is 222 g/mol. The molecule has 0 amide bonds. The molecule has 1 rings (SSSR count). The van der Waals surface area contributed by atoms with Gasteiger partial charge >= 0.3 is 0 Å². The highest BCUT2D eigenvalue weighted by molar-refractivity contribution is 6.75. The second kappa shape index (κ2) is 4.79. The molecule has 0 saturated carbocycles. The predicted molar refractivity (Wildman–Crippen MR) is 70.7 cm³/mol. The lowest BCUT2D eigenvalue weighted by molar-refractivity contribution is 0.726. The molecule has 15 heavy (non-hydrogen) atoms. The molecule has 1 aliphatic rings. The summed E-state index contributed by atoms with van der Waals surface area (Å²) in [6.07, 6.45) is 9.64. The zero-order valence-corrected chi connectivity index (χ0v) is 11.5. The molecule has 0 unspecified atom stereocenters. The third kappa shape index (κ3) is 3.06. The first-order chi connectivity index (χ1) is 6.96. The van der Waals surface area contributed by atoms with Crippen LogP contribution in [-0.2, 0) is 0 Å². The van der Waals surface area contributed by atoms with Gasteiger partial charge in [-0.3, -0.25) is 4.99 Å². The van der Waals surface area contributed by atoms with Crippen molar-refractivity contribution in [3.8, 4) is 0 Å². The Balaban J connectivity index is 2.86. The fraction of sp³-hybridized carbons (Fsp3) is 0.583. The molecular weight excluding hydrogens is 200 g/mol. The molecule has 0 aromatic rings. The van der Waals surface area contributed by atoms with E-state index in [2.05, 4.69) is 61.3 Å². The van der Waals surface area contributed by atoms with E-state index in [9.17, 15) is 0 Å². The molecule has 1 aliphatic heterocycles. The maximum Gasteiger partial charge on any atom is 0.154 e. The molecule has 2 nitrogen and oxygen atoms in total. The van der Waals surface area contributed by atoms with Crippen LogP contribution in [0.2, 0.25) is 19.6 Å². The lowest BCUT2D eigenvalue weighted by Crippen LogP contribution is -2.43. The Hall–Kier alpha value is -0.833. The van der Waals surface area contributed by atoms with Crippen molar-refractivity contribution in [1.82, 2.24) is 4.57 Å². The summed E-state index contributed by atoms with van der Waals surface area (Å²) < 4.78 is 2.39. The van der Waals surface area contributed by atoms with Crippen molar-refractivity contribution < 1.29 is 0 Å². The summed E-state index contributed by atoms with van der Waals surface area (Å²) in [5.41, 5.74) is 1.35. The second-order valence-electron chi connectivity index (χ2n) is 4.91. The van der Waals surface area contributed by atoms with E-state index in [4.69, 9.17) is 0 Å². The van der Waals surface area contributed by atoms with Gasteiger partial charge in [0.1, 0.15) is 0 Å². The quantitative estimate of drug-likeness (QED) is 0.668. The Morgan fingerprint density at radius 2 is 2.13 bits per heavy atom. The Bertz CT molecular complexity index is 297. The van der Waals surface area contributed by atoms with Crippen LogP contribution in [0, 0.1) is 0 Å². The van der Waals surface area contributed by atoms with Gasteiger partial charge in [0.25, 0.3) is 0 Å². The summed E-state index contributed by atoms with van der Waals surface area (Å²) >= 11 is 0. The first-order valence-corrected chi connectivity index (χ1v) is 9.11. The van der Waals surface area contributed by atoms with Crippen LogP contribution in [-0.4, -0.2) is 25.2 Å². The Morgan fingerprint density at radius 3 is 2.67 bits per heavy atom. The Kier molecular flexibility index (Phi) is 3.91. The number of aliphatic imine (C=N–C) groups is 1. The van der Waals surface area contributed by atoms with Crippen LogP contribution in [0.15, 0.2) is 28.9 Å². The van der Waals surface area contributed by atoms with E-state index >= 15 is 0 Å². The van der Waals surface area contributed by atoms with Crippen molar-refractivity contribution in [3.05, 3.63) is 23.9 Å². The van der Waals surface area contributed by atoms with Gasteiger partial charge in [-0.15, -0.1) is 0 Å². The average Bonchev–Trinajstić information content (AvgIpc) is 2.48. The molecule has 0 aromatic carbocycles. The number of hydrogen-bond donors (Lipinski definition) is 0. The van der Waals surface area contributed by atoms with Gasteiger partial charge in [0.15, 0.2) is 8.24 Å². The van der Waals surface area contributed by atoms with Crippen LogP contribution in [0.3, 0.4) is 0 Å². The molecule has 0 spiro atoms. The number of allylic oxidation sites excluding steroid dienone is 3. The summed E-state index contributed by atoms with van der Waals surface area (Å²) in [7, 11) is -1.31. The summed E-state index contributed by atoms with van der Waals surface area (Å²) in [6, 6.07) is 0.318. The van der Waals surface area contributed by atoms with Gasteiger partial charge < -0.3 is 4.57 Å². The predicted octanol–water partition coefficient (Wildman–Crippen LogP) is 3.40. The van der Waals surface area contributed by atoms with Gasteiger partial charge in [-0.05, 0) is 19.4 Å². The number of rotatable bonds is 3. The van der Waals surface area contributed by atoms with E-state index in [-0.39, 0.29) is 0 Å². The third-order valence-electron chi connectivity index (χ3n) is 2.47. The normalized spacial score (nSPS) is 24.7. The maximum absolute atomic E-state index is 4.48. The summed E-state index contributed by atoms with van der Waals surface area (Å²) in [5, 5.41) is 0. The fourth-order valence-electron chi connectivity index (χ4n) is 1.59. The van der Waals surface area contributed by atoms with Crippen molar-refractivity contribution in [2.24, 2.45) is 4.99 Å². The highest BCUT2D eigenvalue weighted by Crippen LogP contribution is 2.24. The minimum Gasteiger partial charge on any atom is -0.362 e. The summed E-state index contributed by atoms with van der Waals surface area (Å²) in [6.45, 7) is 11.3. The van der Waals surface area contributed by atoms with Crippen molar-refractivity contribution in [3.63, 3.8) is 0 Å². The van der Waals surface area contributed by atoms with E-state index in [1.165, 1.54) is 5.70 Å². The molecule has 1 heterocycles. The molecule has 0 saturated heterocycles. The number of hydrogen-bond acceptors (Lipinski definition) is 2. The summed E-state index contributed by atoms with van der Waals surface area (Å²) in [4.78, 5) is 4.48. The molecule has 1 atom stereocenters. The second-order valence-corrected chi connectivity index (χ2v) is 9.73. The fourth-order valence-corrected chi connectivity index (χ4v) is 3.04. The highest BCUT2D eigenvalue weighted by atomic mass is 28.3. The maximum atomic E-state index is 4.48. The van der Waals surface area contributed by atoms with Crippen molar-refractivity contribution in [2.75, 3.05) is 0 Å². The molecule has 84 valence electrons. The average molecular weight is 222 g/mol. The minimum atomic E-state index is -1.31. The van der Waals surface area contributed by atoms with E-state index in [0.717, 1.165) is 6.42 Å². The van der Waals surface area contributed by atoms with Gasteiger partial charge in [-0.1, -0.05) is 38.7 Å². The lowest BCUT2D eigenvalue weighted by Gasteiger charge is -2.31. The van der Waals surface area contributed by atoms with Crippen LogP contribution in [0.25, 0.3) is 0 Å². The number of nitrogens with zero attached hydrogens (tertiary/aromatic N) is 2. The van der Waals surface area contributed by atoms with Crippen molar-refractivity contribution >= 4 is 14.6 Å². The molecule has 0 aliphatic carbocycles. The molecule has 0 fully saturated rings. The van der Waals surface area contributed by atoms with Crippen LogP contribution in [0.1, 0.15) is 20.3 Å². The van der Waals surface area contributed by atoms with E-state index in [1.54, 1.807) is 0 Å². The Morgan fingerprint density at radius 1 is 1.47 bits per heavy atom. The standard InChI is InChI=1S/C12H22N2Si/c1-6-7-8-9-12-11(2)13-10-14(12)15(3,4)5/h7-11H,6H2,1-5H3/b8-7-,12-9+/t11-/m1/s1. The molecule has 0 bridgehead atoms. The van der Waals surface area contributed by atoms with Crippen molar-refractivity contribution in [1.29, 1.82) is 0 Å². The van der Waals surface area contributed by atoms with Gasteiger partial charge in [0, 0.05) is 5.70 Å². The SMILES string of the molecule is CC/C=C\C=C1/[C@@H](C)N=CN1[Si](C)(C)C. The van der Waals surface area contributed by atoms with E-state index in [0.29, 0.717) is 6.04 Å². The van der Waals surface area contributed by atoms with Crippen molar-refractivity contribution in [2.45, 2.75) is 46.0 Å². The molecule has 0 aromatic heterocycles. The molecule has 0 N–H and O–H groups in total. The minimum absolute atomic E-state index is 0.318. The van der Waals surface area contributed by atoms with Gasteiger partial charge in [0.05, 0.1) is 12.4 Å². The summed E-state index contributed by atoms with van der Waals surface area (Å²) in [5.74, 6) is 0. The first kappa shape index (κ1) is 12.2. The molecule has 3 heteroatoms. The van der Waals surface area contributed by atoms with Gasteiger partial charge in [-0.25, -0.2) is 0 Å². The van der Waals surface area contributed by atoms with Gasteiger partial charge in [-0.2, -0.15) is 0 Å². The largest absolute Gasteiger partial charge is 0.362 e. The van der Waals surface area contributed by atoms with E-state index < -0.39 is 8.24 Å². The zero-order chi connectivity index (χ0) is 11.5. The first-order valence-electron chi connectivity index (χ1n) is 5.66. The lowest BCUT2D eigenvalue weighted by atomic mass is 10.2. The van der Waals surface area contributed by atoms with Crippen LogP contribution in [0.5, 0.6) is 0 Å². The third-order valence-corrected chi connectivity index (χ3v) is 4.29. The Labute approximate surface area is 94.5 Å². The van der Waals surface area contributed by atoms with Crippen LogP contribution >= 0.6 is 0 Å². The van der Waals surface area contributed by atoms with Crippen LogP contribution in [0.4, 0.5) is 0 Å². The topological polar surface area (TPSA) is 15.6 Å². The van der Waals surface area contributed by atoms with Crippen LogP contribution < -0.4 is 0 Å². The molecule has 0 radical (unpaired) electrons. The van der Waals surface area contributed by atoms with Gasteiger partial charge in [0.2, 0.25) is 0 Å². The highest BCUT2D eigenvalue weighted by Gasteiger charge is 2.30. The van der Waals surface area contributed by atoms with E-state index in [1.807, 2.05) is 6.34 Å². The zero-order valence-electron chi connectivity index (χ0n) is 10.5.